The number of nitrogens with zero attached hydrogens (tertiary/aromatic N) is 3. The molecule has 0 saturated heterocycles. The van der Waals surface area contributed by atoms with Gasteiger partial charge < -0.3 is 19.4 Å². The van der Waals surface area contributed by atoms with Crippen LogP contribution in [-0.2, 0) is 11.3 Å². The molecule has 1 atom stereocenters. The van der Waals surface area contributed by atoms with E-state index in [1.165, 1.54) is 0 Å². The van der Waals surface area contributed by atoms with Crippen LogP contribution in [0.3, 0.4) is 0 Å². The zero-order valence-electron chi connectivity index (χ0n) is 19.8. The fraction of sp³-hybridized carbons (Fsp3) is 0.296. The average molecular weight is 459 g/mol. The Morgan fingerprint density at radius 3 is 2.59 bits per heavy atom. The van der Waals surface area contributed by atoms with Gasteiger partial charge in [-0.25, -0.2) is 9.97 Å². The van der Waals surface area contributed by atoms with Crippen molar-refractivity contribution < 1.29 is 13.9 Å². The van der Waals surface area contributed by atoms with E-state index in [0.29, 0.717) is 25.3 Å². The van der Waals surface area contributed by atoms with Crippen LogP contribution in [0.15, 0.2) is 71.3 Å². The number of ether oxygens (including phenoxy) is 1. The number of nitrogens with one attached hydrogen (secondary N) is 1. The molecule has 176 valence electrons. The predicted octanol–water partition coefficient (Wildman–Crippen LogP) is 5.21. The van der Waals surface area contributed by atoms with Crippen molar-refractivity contribution in [2.45, 2.75) is 39.3 Å². The van der Waals surface area contributed by atoms with Gasteiger partial charge in [0.15, 0.2) is 5.82 Å². The number of para-hydroxylation sites is 1. The quantitative estimate of drug-likeness (QED) is 0.351. The van der Waals surface area contributed by atoms with E-state index >= 15 is 0 Å². The van der Waals surface area contributed by atoms with Crippen molar-refractivity contribution in [2.24, 2.45) is 0 Å². The van der Waals surface area contributed by atoms with E-state index in [2.05, 4.69) is 17.1 Å². The number of amides is 1. The third-order valence-electron chi connectivity index (χ3n) is 5.79. The monoisotopic (exact) mass is 458 g/mol. The second-order valence-corrected chi connectivity index (χ2v) is 8.24. The maximum atomic E-state index is 12.6. The van der Waals surface area contributed by atoms with Crippen molar-refractivity contribution in [3.63, 3.8) is 0 Å². The Bertz CT molecular complexity index is 1220. The molecule has 1 amide bonds. The zero-order chi connectivity index (χ0) is 23.9. The molecule has 4 aromatic rings. The topological polar surface area (TPSA) is 80.5 Å². The number of furan rings is 1. The van der Waals surface area contributed by atoms with E-state index < -0.39 is 0 Å². The van der Waals surface area contributed by atoms with Crippen LogP contribution in [0.5, 0.6) is 5.75 Å². The van der Waals surface area contributed by atoms with E-state index in [1.807, 2.05) is 67.6 Å². The van der Waals surface area contributed by atoms with Crippen molar-refractivity contribution in [3.8, 4) is 17.1 Å². The molecule has 0 unspecified atom stereocenters. The van der Waals surface area contributed by atoms with Gasteiger partial charge in [-0.15, -0.1) is 0 Å². The summed E-state index contributed by atoms with van der Waals surface area (Å²) in [6.07, 6.45) is 2.90. The molecule has 0 radical (unpaired) electrons. The fourth-order valence-corrected chi connectivity index (χ4v) is 3.71. The van der Waals surface area contributed by atoms with Crippen LogP contribution in [0.2, 0.25) is 0 Å². The lowest BCUT2D eigenvalue weighted by molar-refractivity contribution is -0.121. The molecule has 2 aromatic heterocycles. The molecule has 7 heteroatoms. The van der Waals surface area contributed by atoms with Crippen LogP contribution < -0.4 is 15.0 Å². The number of fused-ring (bicyclic) bond motifs is 1. The molecule has 0 aliphatic rings. The van der Waals surface area contributed by atoms with E-state index in [-0.39, 0.29) is 11.9 Å². The van der Waals surface area contributed by atoms with Crippen LogP contribution >= 0.6 is 0 Å². The van der Waals surface area contributed by atoms with Gasteiger partial charge in [0.25, 0.3) is 0 Å². The smallest absolute Gasteiger partial charge is 0.221 e. The lowest BCUT2D eigenvalue weighted by Crippen LogP contribution is -2.35. The number of carbonyl (C=O) groups excluding carboxylic acids is 1. The van der Waals surface area contributed by atoms with Crippen LogP contribution in [-0.4, -0.2) is 35.6 Å². The highest BCUT2D eigenvalue weighted by Gasteiger charge is 2.18. The Kier molecular flexibility index (Phi) is 7.42. The lowest BCUT2D eigenvalue weighted by Gasteiger charge is -2.25. The summed E-state index contributed by atoms with van der Waals surface area (Å²) in [5, 5.41) is 3.97. The van der Waals surface area contributed by atoms with Crippen LogP contribution in [0.25, 0.3) is 22.3 Å². The minimum atomic E-state index is 0.0209. The zero-order valence-corrected chi connectivity index (χ0v) is 19.8. The van der Waals surface area contributed by atoms with Gasteiger partial charge in [0.05, 0.1) is 25.4 Å². The number of hydrogen-bond donors (Lipinski definition) is 1. The second kappa shape index (κ2) is 10.8. The first-order valence-electron chi connectivity index (χ1n) is 11.5. The largest absolute Gasteiger partial charge is 0.497 e. The molecule has 2 heterocycles. The van der Waals surface area contributed by atoms with E-state index in [4.69, 9.17) is 19.1 Å². The first-order valence-corrected chi connectivity index (χ1v) is 11.5. The standard InChI is InChI=1S/C27H30N4O3/c1-4-19(2)28-25(32)15-16-31(18-22-8-7-17-34-22)27-23-9-5-6-10-24(23)29-26(30-27)20-11-13-21(33-3)14-12-20/h5-14,17,19H,4,15-16,18H2,1-3H3,(H,28,32)/t19-/m0/s1. The van der Waals surface area contributed by atoms with Gasteiger partial charge in [0.1, 0.15) is 17.3 Å². The van der Waals surface area contributed by atoms with Gasteiger partial charge in [-0.3, -0.25) is 4.79 Å². The molecule has 0 saturated carbocycles. The van der Waals surface area contributed by atoms with Gasteiger partial charge in [0, 0.05) is 30.0 Å². The summed E-state index contributed by atoms with van der Waals surface area (Å²) in [5.74, 6) is 2.98. The molecule has 1 N–H and O–H groups in total. The number of rotatable bonds is 10. The first-order chi connectivity index (χ1) is 16.6. The SMILES string of the molecule is CC[C@H](C)NC(=O)CCN(Cc1ccco1)c1nc(-c2ccc(OC)cc2)nc2ccccc12. The molecule has 4 rings (SSSR count). The Balaban J connectivity index is 1.72. The number of hydrogen-bond acceptors (Lipinski definition) is 6. The number of benzene rings is 2. The fourth-order valence-electron chi connectivity index (χ4n) is 3.71. The van der Waals surface area contributed by atoms with E-state index in [1.54, 1.807) is 13.4 Å². The third-order valence-corrected chi connectivity index (χ3v) is 5.79. The summed E-state index contributed by atoms with van der Waals surface area (Å²) < 4.78 is 10.9. The number of methoxy groups -OCH3 is 1. The van der Waals surface area contributed by atoms with Crippen LogP contribution in [0, 0.1) is 0 Å². The molecule has 2 aromatic carbocycles. The summed E-state index contributed by atoms with van der Waals surface area (Å²) in [6.45, 7) is 5.05. The summed E-state index contributed by atoms with van der Waals surface area (Å²) in [6, 6.07) is 19.6. The van der Waals surface area contributed by atoms with Gasteiger partial charge >= 0.3 is 0 Å². The third kappa shape index (κ3) is 5.54. The summed E-state index contributed by atoms with van der Waals surface area (Å²) >= 11 is 0. The molecule has 0 bridgehead atoms. The van der Waals surface area contributed by atoms with Gasteiger partial charge in [-0.1, -0.05) is 19.1 Å². The lowest BCUT2D eigenvalue weighted by atomic mass is 10.1. The number of carbonyl (C=O) groups is 1. The molecule has 0 fully saturated rings. The Hall–Kier alpha value is -3.87. The predicted molar refractivity (Wildman–Crippen MR) is 134 cm³/mol. The van der Waals surface area contributed by atoms with Gasteiger partial charge in [-0.2, -0.15) is 0 Å². The Labute approximate surface area is 199 Å². The van der Waals surface area contributed by atoms with Crippen molar-refractivity contribution in [1.82, 2.24) is 15.3 Å². The van der Waals surface area contributed by atoms with Crippen molar-refractivity contribution in [3.05, 3.63) is 72.7 Å². The number of anilines is 1. The first kappa shape index (κ1) is 23.3. The maximum Gasteiger partial charge on any atom is 0.221 e. The molecular formula is C27H30N4O3. The highest BCUT2D eigenvalue weighted by atomic mass is 16.5. The molecule has 0 spiro atoms. The highest BCUT2D eigenvalue weighted by molar-refractivity contribution is 5.91. The average Bonchev–Trinajstić information content (AvgIpc) is 3.39. The summed E-state index contributed by atoms with van der Waals surface area (Å²) in [7, 11) is 1.64. The minimum Gasteiger partial charge on any atom is -0.497 e. The van der Waals surface area contributed by atoms with Crippen molar-refractivity contribution >= 4 is 22.6 Å². The van der Waals surface area contributed by atoms with Gasteiger partial charge in [-0.05, 0) is 61.9 Å². The van der Waals surface area contributed by atoms with Gasteiger partial charge in [0.2, 0.25) is 5.91 Å². The molecule has 34 heavy (non-hydrogen) atoms. The molecule has 0 aliphatic carbocycles. The second-order valence-electron chi connectivity index (χ2n) is 8.24. The van der Waals surface area contributed by atoms with Crippen molar-refractivity contribution in [2.75, 3.05) is 18.6 Å². The van der Waals surface area contributed by atoms with E-state index in [0.717, 1.165) is 40.2 Å². The Morgan fingerprint density at radius 1 is 1.09 bits per heavy atom. The maximum absolute atomic E-state index is 12.6. The van der Waals surface area contributed by atoms with E-state index in [9.17, 15) is 4.79 Å². The Morgan fingerprint density at radius 2 is 1.88 bits per heavy atom. The highest BCUT2D eigenvalue weighted by Crippen LogP contribution is 2.29. The van der Waals surface area contributed by atoms with Crippen LogP contribution in [0.1, 0.15) is 32.4 Å². The summed E-state index contributed by atoms with van der Waals surface area (Å²) in [4.78, 5) is 24.4. The number of aromatic nitrogens is 2. The molecule has 7 nitrogen and oxygen atoms in total. The van der Waals surface area contributed by atoms with Crippen LogP contribution in [0.4, 0.5) is 5.82 Å². The molecule has 0 aliphatic heterocycles. The molecular weight excluding hydrogens is 428 g/mol. The normalized spacial score (nSPS) is 11.9. The summed E-state index contributed by atoms with van der Waals surface area (Å²) in [5.41, 5.74) is 1.73. The van der Waals surface area contributed by atoms with Crippen molar-refractivity contribution in [1.29, 1.82) is 0 Å². The minimum absolute atomic E-state index is 0.0209.